The fourth-order valence-electron chi connectivity index (χ4n) is 3.46. The Labute approximate surface area is 118 Å². The van der Waals surface area contributed by atoms with Crippen LogP contribution < -0.4 is 4.90 Å². The average molecular weight is 270 g/mol. The maximum Gasteiger partial charge on any atom is 0.135 e. The third-order valence-corrected chi connectivity index (χ3v) is 4.36. The molecule has 0 spiro atoms. The topological polar surface area (TPSA) is 55.1 Å². The van der Waals surface area contributed by atoms with Crippen LogP contribution in [0.3, 0.4) is 0 Å². The Morgan fingerprint density at radius 2 is 2.20 bits per heavy atom. The van der Waals surface area contributed by atoms with E-state index in [0.717, 1.165) is 43.1 Å². The predicted octanol–water partition coefficient (Wildman–Crippen LogP) is 2.60. The van der Waals surface area contributed by atoms with Crippen molar-refractivity contribution in [1.29, 1.82) is 0 Å². The van der Waals surface area contributed by atoms with Crippen LogP contribution in [0.2, 0.25) is 0 Å². The second-order valence-corrected chi connectivity index (χ2v) is 5.69. The Morgan fingerprint density at radius 3 is 3.05 bits per heavy atom. The number of anilines is 1. The van der Waals surface area contributed by atoms with E-state index in [1.54, 1.807) is 6.33 Å². The van der Waals surface area contributed by atoms with Crippen molar-refractivity contribution in [3.8, 4) is 0 Å². The molecule has 0 N–H and O–H groups in total. The summed E-state index contributed by atoms with van der Waals surface area (Å²) in [7, 11) is 0. The fourth-order valence-corrected chi connectivity index (χ4v) is 3.46. The fraction of sp³-hybridized carbons (Fsp3) is 0.533. The van der Waals surface area contributed by atoms with E-state index in [4.69, 9.17) is 4.52 Å². The molecule has 0 aromatic carbocycles. The summed E-state index contributed by atoms with van der Waals surface area (Å²) in [5, 5.41) is 4.21. The van der Waals surface area contributed by atoms with Crippen LogP contribution in [0.1, 0.15) is 48.0 Å². The first kappa shape index (κ1) is 11.9. The summed E-state index contributed by atoms with van der Waals surface area (Å²) in [6, 6.07) is 2.34. The quantitative estimate of drug-likeness (QED) is 0.839. The summed E-state index contributed by atoms with van der Waals surface area (Å²) in [5.41, 5.74) is 3.61. The summed E-state index contributed by atoms with van der Waals surface area (Å²) in [5.74, 6) is 2.00. The molecule has 2 aromatic rings. The molecule has 0 radical (unpaired) electrons. The van der Waals surface area contributed by atoms with Gasteiger partial charge < -0.3 is 9.42 Å². The Balaban J connectivity index is 1.72. The smallest absolute Gasteiger partial charge is 0.135 e. The highest BCUT2D eigenvalue weighted by Gasteiger charge is 2.32. The van der Waals surface area contributed by atoms with Crippen molar-refractivity contribution in [3.05, 3.63) is 35.1 Å². The molecule has 5 nitrogen and oxygen atoms in total. The van der Waals surface area contributed by atoms with E-state index in [-0.39, 0.29) is 0 Å². The molecule has 2 aromatic heterocycles. The summed E-state index contributed by atoms with van der Waals surface area (Å²) in [4.78, 5) is 11.4. The molecule has 3 heterocycles. The van der Waals surface area contributed by atoms with Gasteiger partial charge in [-0.15, -0.1) is 0 Å². The molecule has 1 aliphatic carbocycles. The summed E-state index contributed by atoms with van der Waals surface area (Å²) >= 11 is 0. The zero-order chi connectivity index (χ0) is 13.5. The van der Waals surface area contributed by atoms with E-state index in [0.29, 0.717) is 6.04 Å². The number of aromatic nitrogens is 3. The number of fused-ring (bicyclic) bond motifs is 1. The molecule has 1 saturated heterocycles. The molecule has 2 aliphatic rings. The van der Waals surface area contributed by atoms with E-state index in [1.165, 1.54) is 24.1 Å². The highest BCUT2D eigenvalue weighted by molar-refractivity contribution is 5.52. The third-order valence-electron chi connectivity index (χ3n) is 4.36. The molecule has 0 amide bonds. The van der Waals surface area contributed by atoms with E-state index in [1.807, 2.05) is 13.0 Å². The van der Waals surface area contributed by atoms with Crippen LogP contribution >= 0.6 is 0 Å². The normalized spacial score (nSPS) is 21.4. The van der Waals surface area contributed by atoms with E-state index in [2.05, 4.69) is 20.0 Å². The first-order valence-corrected chi connectivity index (χ1v) is 7.35. The van der Waals surface area contributed by atoms with Crippen LogP contribution in [0.4, 0.5) is 5.82 Å². The van der Waals surface area contributed by atoms with Crippen molar-refractivity contribution >= 4 is 5.82 Å². The number of hydrogen-bond donors (Lipinski definition) is 0. The lowest BCUT2D eigenvalue weighted by Gasteiger charge is -2.25. The highest BCUT2D eigenvalue weighted by atomic mass is 16.5. The van der Waals surface area contributed by atoms with Gasteiger partial charge in [0.15, 0.2) is 0 Å². The van der Waals surface area contributed by atoms with Crippen molar-refractivity contribution in [1.82, 2.24) is 15.1 Å². The van der Waals surface area contributed by atoms with Gasteiger partial charge in [0.1, 0.15) is 23.6 Å². The molecule has 104 valence electrons. The van der Waals surface area contributed by atoms with E-state index < -0.39 is 0 Å². The minimum Gasteiger partial charge on any atom is -0.361 e. The van der Waals surface area contributed by atoms with Crippen LogP contribution in [-0.4, -0.2) is 21.7 Å². The van der Waals surface area contributed by atoms with Crippen LogP contribution in [0.25, 0.3) is 0 Å². The van der Waals surface area contributed by atoms with Gasteiger partial charge >= 0.3 is 0 Å². The van der Waals surface area contributed by atoms with E-state index in [9.17, 15) is 0 Å². The van der Waals surface area contributed by atoms with Gasteiger partial charge in [0.25, 0.3) is 0 Å². The molecule has 0 saturated carbocycles. The Bertz CT molecular complexity index is 637. The van der Waals surface area contributed by atoms with Crippen LogP contribution in [0.5, 0.6) is 0 Å². The lowest BCUT2D eigenvalue weighted by Crippen LogP contribution is -2.25. The Hall–Kier alpha value is -1.91. The second kappa shape index (κ2) is 4.58. The lowest BCUT2D eigenvalue weighted by atomic mass is 10.1. The molecule has 4 rings (SSSR count). The van der Waals surface area contributed by atoms with Gasteiger partial charge in [0, 0.05) is 23.9 Å². The largest absolute Gasteiger partial charge is 0.361 e. The molecule has 20 heavy (non-hydrogen) atoms. The van der Waals surface area contributed by atoms with Gasteiger partial charge in [-0.25, -0.2) is 9.97 Å². The minimum absolute atomic E-state index is 0.298. The van der Waals surface area contributed by atoms with Gasteiger partial charge in [0.2, 0.25) is 0 Å². The van der Waals surface area contributed by atoms with Gasteiger partial charge in [-0.05, 0) is 39.0 Å². The van der Waals surface area contributed by atoms with E-state index >= 15 is 0 Å². The number of aryl methyl sites for hydroxylation is 2. The average Bonchev–Trinajstić information content (AvgIpc) is 3.17. The zero-order valence-corrected chi connectivity index (χ0v) is 11.7. The molecule has 0 bridgehead atoms. The molecule has 1 fully saturated rings. The summed E-state index contributed by atoms with van der Waals surface area (Å²) < 4.78 is 5.24. The standard InChI is InChI=1S/C15H18N4O/c1-10-8-13(18-20-10)14-6-3-7-19(14)15-11-4-2-5-12(11)16-9-17-15/h8-9,14H,2-7H2,1H3. The van der Waals surface area contributed by atoms with Crippen molar-refractivity contribution < 1.29 is 4.52 Å². The van der Waals surface area contributed by atoms with Crippen molar-refractivity contribution in [2.75, 3.05) is 11.4 Å². The van der Waals surface area contributed by atoms with Crippen molar-refractivity contribution in [2.45, 2.75) is 45.1 Å². The molecule has 1 atom stereocenters. The molecule has 1 unspecified atom stereocenters. The van der Waals surface area contributed by atoms with Crippen LogP contribution in [0.15, 0.2) is 16.9 Å². The number of hydrogen-bond acceptors (Lipinski definition) is 5. The first-order valence-electron chi connectivity index (χ1n) is 7.35. The SMILES string of the molecule is Cc1cc(C2CCCN2c2ncnc3c2CCC3)no1. The monoisotopic (exact) mass is 270 g/mol. The Kier molecular flexibility index (Phi) is 2.72. The Morgan fingerprint density at radius 1 is 1.25 bits per heavy atom. The van der Waals surface area contributed by atoms with Gasteiger partial charge in [-0.2, -0.15) is 0 Å². The molecule has 5 heteroatoms. The van der Waals surface area contributed by atoms with Gasteiger partial charge in [-0.3, -0.25) is 0 Å². The maximum atomic E-state index is 5.24. The maximum absolute atomic E-state index is 5.24. The zero-order valence-electron chi connectivity index (χ0n) is 11.7. The second-order valence-electron chi connectivity index (χ2n) is 5.69. The number of rotatable bonds is 2. The molecular weight excluding hydrogens is 252 g/mol. The van der Waals surface area contributed by atoms with Gasteiger partial charge in [0.05, 0.1) is 6.04 Å². The van der Waals surface area contributed by atoms with Crippen molar-refractivity contribution in [3.63, 3.8) is 0 Å². The third kappa shape index (κ3) is 1.80. The number of nitrogens with zero attached hydrogens (tertiary/aromatic N) is 4. The van der Waals surface area contributed by atoms with Crippen LogP contribution in [-0.2, 0) is 12.8 Å². The van der Waals surface area contributed by atoms with Crippen molar-refractivity contribution in [2.24, 2.45) is 0 Å². The highest BCUT2D eigenvalue weighted by Crippen LogP contribution is 2.38. The molecule has 1 aliphatic heterocycles. The summed E-state index contributed by atoms with van der Waals surface area (Å²) in [6.45, 7) is 2.98. The molecular formula is C15H18N4O. The predicted molar refractivity (Wildman–Crippen MR) is 74.6 cm³/mol. The first-order chi connectivity index (χ1) is 9.83. The lowest BCUT2D eigenvalue weighted by molar-refractivity contribution is 0.385. The summed E-state index contributed by atoms with van der Waals surface area (Å²) in [6.07, 6.45) is 7.39. The van der Waals surface area contributed by atoms with Crippen LogP contribution in [0, 0.1) is 6.92 Å². The van der Waals surface area contributed by atoms with Gasteiger partial charge in [-0.1, -0.05) is 5.16 Å². The minimum atomic E-state index is 0.298.